The van der Waals surface area contributed by atoms with E-state index in [4.69, 9.17) is 5.73 Å². The van der Waals surface area contributed by atoms with Gasteiger partial charge in [-0.25, -0.2) is 0 Å². The minimum Gasteiger partial charge on any atom is -0.405 e. The Morgan fingerprint density at radius 1 is 1.29 bits per heavy atom. The number of halogens is 3. The van der Waals surface area contributed by atoms with Crippen LogP contribution in [0.1, 0.15) is 11.6 Å². The van der Waals surface area contributed by atoms with Gasteiger partial charge in [0.15, 0.2) is 0 Å². The normalized spacial score (nSPS) is 13.8. The number of para-hydroxylation sites is 1. The van der Waals surface area contributed by atoms with Crippen LogP contribution in [-0.2, 0) is 0 Å². The van der Waals surface area contributed by atoms with Crippen LogP contribution in [-0.4, -0.2) is 31.9 Å². The molecule has 0 aliphatic carbocycles. The smallest absolute Gasteiger partial charge is 0.405 e. The van der Waals surface area contributed by atoms with Crippen LogP contribution in [0.4, 0.5) is 13.2 Å². The van der Waals surface area contributed by atoms with Crippen molar-refractivity contribution in [3.63, 3.8) is 0 Å². The minimum absolute atomic E-state index is 0.204. The third kappa shape index (κ3) is 3.90. The first-order valence-corrected chi connectivity index (χ1v) is 5.06. The molecule has 0 radical (unpaired) electrons. The first-order valence-electron chi connectivity index (χ1n) is 5.06. The van der Waals surface area contributed by atoms with E-state index in [-0.39, 0.29) is 18.3 Å². The Morgan fingerprint density at radius 3 is 2.35 bits per heavy atom. The van der Waals surface area contributed by atoms with Gasteiger partial charge in [-0.2, -0.15) is 0 Å². The van der Waals surface area contributed by atoms with Crippen molar-refractivity contribution in [2.45, 2.75) is 12.4 Å². The molecule has 6 heteroatoms. The van der Waals surface area contributed by atoms with Gasteiger partial charge < -0.3 is 15.4 Å². The fourth-order valence-corrected chi connectivity index (χ4v) is 1.59. The number of hydrogen-bond acceptors (Lipinski definition) is 3. The van der Waals surface area contributed by atoms with Crippen molar-refractivity contribution in [1.29, 1.82) is 0 Å². The average Bonchev–Trinajstić information content (AvgIpc) is 2.18. The highest BCUT2D eigenvalue weighted by atomic mass is 19.4. The van der Waals surface area contributed by atoms with Crippen molar-refractivity contribution in [3.05, 3.63) is 29.8 Å². The summed E-state index contributed by atoms with van der Waals surface area (Å²) in [6.07, 6.45) is -4.69. The van der Waals surface area contributed by atoms with Crippen molar-refractivity contribution in [2.24, 2.45) is 5.73 Å². The van der Waals surface area contributed by atoms with Crippen LogP contribution >= 0.6 is 0 Å². The largest absolute Gasteiger partial charge is 0.573 e. The Hall–Kier alpha value is -1.27. The SMILES string of the molecule is CN(C)C(CN)c1ccccc1OC(F)(F)F. The molecule has 1 atom stereocenters. The van der Waals surface area contributed by atoms with E-state index in [2.05, 4.69) is 4.74 Å². The van der Waals surface area contributed by atoms with Crippen LogP contribution in [0.2, 0.25) is 0 Å². The van der Waals surface area contributed by atoms with Crippen molar-refractivity contribution >= 4 is 0 Å². The number of ether oxygens (including phenoxy) is 1. The maximum atomic E-state index is 12.2. The molecule has 2 N–H and O–H groups in total. The molecule has 1 unspecified atom stereocenters. The van der Waals surface area contributed by atoms with E-state index in [1.54, 1.807) is 31.1 Å². The molecule has 96 valence electrons. The van der Waals surface area contributed by atoms with Gasteiger partial charge in [-0.3, -0.25) is 0 Å². The maximum Gasteiger partial charge on any atom is 0.573 e. The molecule has 0 spiro atoms. The lowest BCUT2D eigenvalue weighted by Gasteiger charge is -2.25. The zero-order chi connectivity index (χ0) is 13.1. The molecule has 0 saturated heterocycles. The summed E-state index contributed by atoms with van der Waals surface area (Å²) >= 11 is 0. The van der Waals surface area contributed by atoms with Crippen LogP contribution < -0.4 is 10.5 Å². The quantitative estimate of drug-likeness (QED) is 0.887. The summed E-state index contributed by atoms with van der Waals surface area (Å²) in [5.74, 6) is -0.204. The van der Waals surface area contributed by atoms with Crippen LogP contribution in [0.5, 0.6) is 5.75 Å². The molecule has 17 heavy (non-hydrogen) atoms. The lowest BCUT2D eigenvalue weighted by Crippen LogP contribution is -2.28. The summed E-state index contributed by atoms with van der Waals surface area (Å²) in [5.41, 5.74) is 5.99. The highest BCUT2D eigenvalue weighted by Gasteiger charge is 2.33. The molecule has 1 rings (SSSR count). The maximum absolute atomic E-state index is 12.2. The summed E-state index contributed by atoms with van der Waals surface area (Å²) in [6.45, 7) is 0.214. The van der Waals surface area contributed by atoms with Gasteiger partial charge in [0.25, 0.3) is 0 Å². The highest BCUT2D eigenvalue weighted by molar-refractivity contribution is 5.36. The van der Waals surface area contributed by atoms with Crippen molar-refractivity contribution in [3.8, 4) is 5.75 Å². The molecule has 0 heterocycles. The number of hydrogen-bond donors (Lipinski definition) is 1. The highest BCUT2D eigenvalue weighted by Crippen LogP contribution is 2.31. The van der Waals surface area contributed by atoms with E-state index >= 15 is 0 Å². The van der Waals surface area contributed by atoms with Gasteiger partial charge in [0.05, 0.1) is 6.04 Å². The first-order chi connectivity index (χ1) is 7.85. The van der Waals surface area contributed by atoms with Crippen LogP contribution in [0.3, 0.4) is 0 Å². The Kier molecular flexibility index (Phi) is 4.36. The lowest BCUT2D eigenvalue weighted by atomic mass is 10.1. The second kappa shape index (κ2) is 5.37. The van der Waals surface area contributed by atoms with Crippen molar-refractivity contribution in [2.75, 3.05) is 20.6 Å². The molecule has 0 aliphatic heterocycles. The Morgan fingerprint density at radius 2 is 1.88 bits per heavy atom. The van der Waals surface area contributed by atoms with Crippen LogP contribution in [0, 0.1) is 0 Å². The number of likely N-dealkylation sites (N-methyl/N-ethyl adjacent to an activating group) is 1. The van der Waals surface area contributed by atoms with Gasteiger partial charge >= 0.3 is 6.36 Å². The summed E-state index contributed by atoms with van der Waals surface area (Å²) in [5, 5.41) is 0. The second-order valence-corrected chi connectivity index (χ2v) is 3.80. The number of rotatable bonds is 4. The van der Waals surface area contributed by atoms with E-state index in [0.717, 1.165) is 0 Å². The first kappa shape index (κ1) is 13.8. The second-order valence-electron chi connectivity index (χ2n) is 3.80. The van der Waals surface area contributed by atoms with Gasteiger partial charge in [0.1, 0.15) is 5.75 Å². The number of alkyl halides is 3. The minimum atomic E-state index is -4.69. The van der Waals surface area contributed by atoms with Gasteiger partial charge in [0, 0.05) is 12.1 Å². The molecule has 0 saturated carbocycles. The molecule has 0 bridgehead atoms. The summed E-state index contributed by atoms with van der Waals surface area (Å²) in [6, 6.07) is 5.71. The van der Waals surface area contributed by atoms with Crippen molar-refractivity contribution in [1.82, 2.24) is 4.90 Å². The zero-order valence-corrected chi connectivity index (χ0v) is 9.66. The molecule has 1 aromatic carbocycles. The molecule has 0 aromatic heterocycles. The predicted octanol–water partition coefficient (Wildman–Crippen LogP) is 2.15. The van der Waals surface area contributed by atoms with Crippen LogP contribution in [0.15, 0.2) is 24.3 Å². The Balaban J connectivity index is 3.06. The molecule has 3 nitrogen and oxygen atoms in total. The molecule has 0 fully saturated rings. The van der Waals surface area contributed by atoms with Gasteiger partial charge in [-0.05, 0) is 20.2 Å². The standard InChI is InChI=1S/C11H15F3N2O/c1-16(2)9(7-15)8-5-3-4-6-10(8)17-11(12,13)14/h3-6,9H,7,15H2,1-2H3. The lowest BCUT2D eigenvalue weighted by molar-refractivity contribution is -0.275. The predicted molar refractivity (Wildman–Crippen MR) is 58.6 cm³/mol. The van der Waals surface area contributed by atoms with Crippen molar-refractivity contribution < 1.29 is 17.9 Å². The van der Waals surface area contributed by atoms with E-state index in [9.17, 15) is 13.2 Å². The topological polar surface area (TPSA) is 38.5 Å². The van der Waals surface area contributed by atoms with E-state index in [1.807, 2.05) is 0 Å². The summed E-state index contributed by atoms with van der Waals surface area (Å²) < 4.78 is 40.7. The molecule has 0 aliphatic rings. The third-order valence-electron chi connectivity index (χ3n) is 2.35. The number of nitrogens with two attached hydrogens (primary N) is 1. The average molecular weight is 248 g/mol. The number of benzene rings is 1. The molecular formula is C11H15F3N2O. The molecule has 0 amide bonds. The summed E-state index contributed by atoms with van der Waals surface area (Å²) in [7, 11) is 3.50. The molecule has 1 aromatic rings. The van der Waals surface area contributed by atoms with Gasteiger partial charge in [0.2, 0.25) is 0 Å². The Labute approximate surface area is 98.0 Å². The third-order valence-corrected chi connectivity index (χ3v) is 2.35. The van der Waals surface area contributed by atoms with E-state index in [0.29, 0.717) is 5.56 Å². The number of nitrogens with zero attached hydrogens (tertiary/aromatic N) is 1. The fraction of sp³-hybridized carbons (Fsp3) is 0.455. The monoisotopic (exact) mass is 248 g/mol. The fourth-order valence-electron chi connectivity index (χ4n) is 1.59. The summed E-state index contributed by atoms with van der Waals surface area (Å²) in [4.78, 5) is 1.75. The Bertz CT molecular complexity index is 366. The van der Waals surface area contributed by atoms with E-state index < -0.39 is 6.36 Å². The zero-order valence-electron chi connectivity index (χ0n) is 9.66. The van der Waals surface area contributed by atoms with Gasteiger partial charge in [-0.15, -0.1) is 13.2 Å². The van der Waals surface area contributed by atoms with Gasteiger partial charge in [-0.1, -0.05) is 18.2 Å². The molecular weight excluding hydrogens is 233 g/mol. The van der Waals surface area contributed by atoms with Crippen LogP contribution in [0.25, 0.3) is 0 Å². The van der Waals surface area contributed by atoms with E-state index in [1.165, 1.54) is 12.1 Å².